The Balaban J connectivity index is 1.92. The van der Waals surface area contributed by atoms with Gasteiger partial charge in [-0.25, -0.2) is 0 Å². The number of rotatable bonds is 5. The smallest absolute Gasteiger partial charge is 0.225 e. The number of amides is 2. The van der Waals surface area contributed by atoms with E-state index in [9.17, 15) is 9.59 Å². The number of carbonyl (C=O) groups is 2. The lowest BCUT2D eigenvalue weighted by Gasteiger charge is -2.41. The fourth-order valence-electron chi connectivity index (χ4n) is 1.93. The van der Waals surface area contributed by atoms with Gasteiger partial charge < -0.3 is 15.8 Å². The van der Waals surface area contributed by atoms with Gasteiger partial charge >= 0.3 is 0 Å². The highest BCUT2D eigenvalue weighted by molar-refractivity contribution is 5.81. The van der Waals surface area contributed by atoms with E-state index in [1.54, 1.807) is 24.5 Å². The molecule has 2 heterocycles. The number of nitrogens with one attached hydrogen (secondary N) is 1. The SMILES string of the molecule is NC(=O)CC1(NC(=O)Cc2ccncc2)COC1. The number of hydrogen-bond donors (Lipinski definition) is 2. The summed E-state index contributed by atoms with van der Waals surface area (Å²) in [7, 11) is 0. The van der Waals surface area contributed by atoms with Crippen LogP contribution in [0.3, 0.4) is 0 Å². The van der Waals surface area contributed by atoms with E-state index in [0.29, 0.717) is 13.2 Å². The molecule has 1 fully saturated rings. The minimum atomic E-state index is -0.615. The number of nitrogens with zero attached hydrogens (tertiary/aromatic N) is 1. The molecule has 1 aliphatic rings. The van der Waals surface area contributed by atoms with Crippen LogP contribution in [0.5, 0.6) is 0 Å². The highest BCUT2D eigenvalue weighted by Crippen LogP contribution is 2.21. The summed E-state index contributed by atoms with van der Waals surface area (Å²) in [4.78, 5) is 26.7. The molecule has 6 heteroatoms. The standard InChI is InChI=1S/C12H15N3O3/c13-10(16)6-12(7-18-8-12)15-11(17)5-9-1-3-14-4-2-9/h1-4H,5-8H2,(H2,13,16)(H,15,17). The second-order valence-electron chi connectivity index (χ2n) is 4.50. The van der Waals surface area contributed by atoms with Gasteiger partial charge in [-0.2, -0.15) is 0 Å². The molecule has 1 saturated heterocycles. The average Bonchev–Trinajstić information content (AvgIpc) is 2.26. The first kappa shape index (κ1) is 12.5. The van der Waals surface area contributed by atoms with Gasteiger partial charge in [0.25, 0.3) is 0 Å². The Labute approximate surface area is 105 Å². The van der Waals surface area contributed by atoms with Gasteiger partial charge in [-0.05, 0) is 17.7 Å². The number of aromatic nitrogens is 1. The maximum Gasteiger partial charge on any atom is 0.225 e. The maximum absolute atomic E-state index is 11.9. The van der Waals surface area contributed by atoms with Gasteiger partial charge in [0.2, 0.25) is 11.8 Å². The topological polar surface area (TPSA) is 94.3 Å². The molecular formula is C12H15N3O3. The largest absolute Gasteiger partial charge is 0.376 e. The molecule has 0 aliphatic carbocycles. The Bertz CT molecular complexity index is 443. The molecule has 3 N–H and O–H groups in total. The fraction of sp³-hybridized carbons (Fsp3) is 0.417. The third-order valence-electron chi connectivity index (χ3n) is 2.79. The van der Waals surface area contributed by atoms with Crippen LogP contribution in [-0.4, -0.2) is 35.6 Å². The van der Waals surface area contributed by atoms with Gasteiger partial charge in [-0.3, -0.25) is 14.6 Å². The Morgan fingerprint density at radius 3 is 2.56 bits per heavy atom. The predicted molar refractivity (Wildman–Crippen MR) is 63.4 cm³/mol. The molecule has 1 aromatic rings. The second kappa shape index (κ2) is 5.14. The minimum Gasteiger partial charge on any atom is -0.376 e. The zero-order chi connectivity index (χ0) is 13.0. The van der Waals surface area contributed by atoms with Crippen LogP contribution in [-0.2, 0) is 20.7 Å². The van der Waals surface area contributed by atoms with Gasteiger partial charge in [-0.15, -0.1) is 0 Å². The van der Waals surface area contributed by atoms with Gasteiger partial charge in [0.1, 0.15) is 0 Å². The summed E-state index contributed by atoms with van der Waals surface area (Å²) < 4.78 is 5.06. The zero-order valence-electron chi connectivity index (χ0n) is 9.89. The summed E-state index contributed by atoms with van der Waals surface area (Å²) in [5.41, 5.74) is 5.42. The van der Waals surface area contributed by atoms with Crippen molar-refractivity contribution in [3.63, 3.8) is 0 Å². The van der Waals surface area contributed by atoms with E-state index in [1.165, 1.54) is 0 Å². The van der Waals surface area contributed by atoms with Crippen LogP contribution in [0.2, 0.25) is 0 Å². The third-order valence-corrected chi connectivity index (χ3v) is 2.79. The molecule has 0 radical (unpaired) electrons. The molecule has 0 spiro atoms. The molecular weight excluding hydrogens is 234 g/mol. The van der Waals surface area contributed by atoms with Crippen molar-refractivity contribution < 1.29 is 14.3 Å². The molecule has 18 heavy (non-hydrogen) atoms. The number of pyridine rings is 1. The van der Waals surface area contributed by atoms with E-state index < -0.39 is 11.4 Å². The van der Waals surface area contributed by atoms with Crippen molar-refractivity contribution in [3.05, 3.63) is 30.1 Å². The highest BCUT2D eigenvalue weighted by atomic mass is 16.5. The Morgan fingerprint density at radius 1 is 1.39 bits per heavy atom. The number of nitrogens with two attached hydrogens (primary N) is 1. The van der Waals surface area contributed by atoms with E-state index >= 15 is 0 Å². The van der Waals surface area contributed by atoms with Crippen LogP contribution in [0.1, 0.15) is 12.0 Å². The maximum atomic E-state index is 11.9. The molecule has 1 aromatic heterocycles. The van der Waals surface area contributed by atoms with Crippen molar-refractivity contribution in [2.24, 2.45) is 5.73 Å². The molecule has 2 rings (SSSR count). The van der Waals surface area contributed by atoms with E-state index in [1.807, 2.05) is 0 Å². The highest BCUT2D eigenvalue weighted by Gasteiger charge is 2.41. The quantitative estimate of drug-likeness (QED) is 0.727. The summed E-state index contributed by atoms with van der Waals surface area (Å²) in [6.45, 7) is 0.663. The predicted octanol–water partition coefficient (Wildman–Crippen LogP) is -0.615. The van der Waals surface area contributed by atoms with Crippen molar-refractivity contribution in [1.82, 2.24) is 10.3 Å². The molecule has 0 atom stereocenters. The van der Waals surface area contributed by atoms with Crippen LogP contribution >= 0.6 is 0 Å². The van der Waals surface area contributed by atoms with Crippen molar-refractivity contribution >= 4 is 11.8 Å². The monoisotopic (exact) mass is 249 g/mol. The van der Waals surface area contributed by atoms with Gasteiger partial charge in [0, 0.05) is 12.4 Å². The van der Waals surface area contributed by atoms with Crippen LogP contribution in [0.15, 0.2) is 24.5 Å². The van der Waals surface area contributed by atoms with E-state index in [-0.39, 0.29) is 18.7 Å². The van der Waals surface area contributed by atoms with Crippen molar-refractivity contribution in [2.45, 2.75) is 18.4 Å². The van der Waals surface area contributed by atoms with Crippen molar-refractivity contribution in [3.8, 4) is 0 Å². The summed E-state index contributed by atoms with van der Waals surface area (Å²) in [6.07, 6.45) is 3.63. The van der Waals surface area contributed by atoms with Crippen molar-refractivity contribution in [1.29, 1.82) is 0 Å². The molecule has 0 unspecified atom stereocenters. The second-order valence-corrected chi connectivity index (χ2v) is 4.50. The molecule has 1 aliphatic heterocycles. The van der Waals surface area contributed by atoms with Crippen LogP contribution in [0.4, 0.5) is 0 Å². The minimum absolute atomic E-state index is 0.106. The first-order valence-corrected chi connectivity index (χ1v) is 5.66. The third kappa shape index (κ3) is 3.04. The van der Waals surface area contributed by atoms with Crippen LogP contribution in [0, 0.1) is 0 Å². The molecule has 2 amide bonds. The Hall–Kier alpha value is -1.95. The first-order chi connectivity index (χ1) is 8.60. The first-order valence-electron chi connectivity index (χ1n) is 5.66. The van der Waals surface area contributed by atoms with Gasteiger partial charge in [0.05, 0.1) is 31.6 Å². The summed E-state index contributed by atoms with van der Waals surface area (Å²) in [5.74, 6) is -0.590. The van der Waals surface area contributed by atoms with E-state index in [4.69, 9.17) is 10.5 Å². The van der Waals surface area contributed by atoms with E-state index in [2.05, 4.69) is 10.3 Å². The van der Waals surface area contributed by atoms with Crippen LogP contribution < -0.4 is 11.1 Å². The van der Waals surface area contributed by atoms with Gasteiger partial charge in [0.15, 0.2) is 0 Å². The lowest BCUT2D eigenvalue weighted by molar-refractivity contribution is -0.137. The van der Waals surface area contributed by atoms with Gasteiger partial charge in [-0.1, -0.05) is 0 Å². The average molecular weight is 249 g/mol. The van der Waals surface area contributed by atoms with E-state index in [0.717, 1.165) is 5.56 Å². The number of ether oxygens (including phenoxy) is 1. The normalized spacial score (nSPS) is 16.7. The molecule has 0 aromatic carbocycles. The van der Waals surface area contributed by atoms with Crippen LogP contribution in [0.25, 0.3) is 0 Å². The summed E-state index contributed by atoms with van der Waals surface area (Å²) >= 11 is 0. The van der Waals surface area contributed by atoms with Crippen molar-refractivity contribution in [2.75, 3.05) is 13.2 Å². The molecule has 0 saturated carbocycles. The lowest BCUT2D eigenvalue weighted by atomic mass is 9.92. The number of primary amides is 1. The number of hydrogen-bond acceptors (Lipinski definition) is 4. The lowest BCUT2D eigenvalue weighted by Crippen LogP contribution is -2.63. The Morgan fingerprint density at radius 2 is 2.06 bits per heavy atom. The fourth-order valence-corrected chi connectivity index (χ4v) is 1.93. The molecule has 0 bridgehead atoms. The summed E-state index contributed by atoms with van der Waals surface area (Å²) in [5, 5.41) is 2.82. The molecule has 6 nitrogen and oxygen atoms in total. The Kier molecular flexibility index (Phi) is 3.57. The number of carbonyl (C=O) groups excluding carboxylic acids is 2. The zero-order valence-corrected chi connectivity index (χ0v) is 9.89. The molecule has 96 valence electrons. The summed E-state index contributed by atoms with van der Waals surface area (Å²) in [6, 6.07) is 3.55.